The summed E-state index contributed by atoms with van der Waals surface area (Å²) < 4.78 is 0. The largest absolute Gasteiger partial charge is 0.396 e. The van der Waals surface area contributed by atoms with Crippen LogP contribution in [0.4, 0.5) is 0 Å². The number of rotatable bonds is 9. The summed E-state index contributed by atoms with van der Waals surface area (Å²) >= 11 is 6.85. The molecule has 0 radical (unpaired) electrons. The SMILES string of the molecule is CCCCCCCCC1(Cl)CCCCC1CCO.CNC. The van der Waals surface area contributed by atoms with Crippen LogP contribution in [0.2, 0.25) is 0 Å². The summed E-state index contributed by atoms with van der Waals surface area (Å²) in [6, 6.07) is 0. The molecule has 0 aromatic rings. The Hall–Kier alpha value is 0.210. The molecule has 0 aromatic heterocycles. The topological polar surface area (TPSA) is 32.3 Å². The molecular formula is C18H38ClNO. The maximum absolute atomic E-state index is 9.16. The van der Waals surface area contributed by atoms with Gasteiger partial charge in [-0.25, -0.2) is 0 Å². The number of nitrogens with one attached hydrogen (secondary N) is 1. The number of aliphatic hydroxyl groups is 1. The molecule has 1 rings (SSSR count). The zero-order valence-corrected chi connectivity index (χ0v) is 15.4. The van der Waals surface area contributed by atoms with E-state index >= 15 is 0 Å². The number of aliphatic hydroxyl groups excluding tert-OH is 1. The third-order valence-electron chi connectivity index (χ3n) is 4.55. The first-order chi connectivity index (χ1) is 10.1. The molecule has 2 atom stereocenters. The van der Waals surface area contributed by atoms with Gasteiger partial charge in [0.15, 0.2) is 0 Å². The molecule has 0 amide bonds. The molecular weight excluding hydrogens is 282 g/mol. The van der Waals surface area contributed by atoms with Gasteiger partial charge in [0.2, 0.25) is 0 Å². The standard InChI is InChI=1S/C16H31ClO.C2H7N/c1-2-3-4-5-6-8-12-16(17)13-9-7-10-15(16)11-14-18;1-3-2/h15,18H,2-14H2,1H3;3H,1-2H3. The van der Waals surface area contributed by atoms with E-state index in [-0.39, 0.29) is 4.87 Å². The molecule has 2 N–H and O–H groups in total. The number of hydrogen-bond acceptors (Lipinski definition) is 2. The van der Waals surface area contributed by atoms with Gasteiger partial charge >= 0.3 is 0 Å². The normalized spacial score (nSPS) is 25.3. The molecule has 1 aliphatic carbocycles. The zero-order valence-electron chi connectivity index (χ0n) is 14.6. The van der Waals surface area contributed by atoms with E-state index in [1.807, 2.05) is 14.1 Å². The van der Waals surface area contributed by atoms with Gasteiger partial charge in [-0.05, 0) is 45.7 Å². The molecule has 0 aromatic carbocycles. The van der Waals surface area contributed by atoms with Gasteiger partial charge in [0, 0.05) is 11.5 Å². The second-order valence-electron chi connectivity index (χ2n) is 6.51. The number of halogens is 1. The van der Waals surface area contributed by atoms with Crippen LogP contribution in [0.5, 0.6) is 0 Å². The second kappa shape index (κ2) is 13.8. The Kier molecular flexibility index (Phi) is 14.0. The van der Waals surface area contributed by atoms with Gasteiger partial charge in [0.25, 0.3) is 0 Å². The molecule has 1 saturated carbocycles. The summed E-state index contributed by atoms with van der Waals surface area (Å²) in [6.07, 6.45) is 15.1. The summed E-state index contributed by atoms with van der Waals surface area (Å²) in [5, 5.41) is 11.9. The van der Waals surface area contributed by atoms with Gasteiger partial charge in [-0.3, -0.25) is 0 Å². The van der Waals surface area contributed by atoms with Crippen molar-refractivity contribution in [3.8, 4) is 0 Å². The van der Waals surface area contributed by atoms with Crippen molar-refractivity contribution >= 4 is 11.6 Å². The molecule has 1 fully saturated rings. The van der Waals surface area contributed by atoms with E-state index in [4.69, 9.17) is 16.7 Å². The second-order valence-corrected chi connectivity index (χ2v) is 7.26. The first-order valence-corrected chi connectivity index (χ1v) is 9.40. The fourth-order valence-corrected chi connectivity index (χ4v) is 3.85. The van der Waals surface area contributed by atoms with Crippen molar-refractivity contribution in [1.29, 1.82) is 0 Å². The Morgan fingerprint density at radius 2 is 1.71 bits per heavy atom. The van der Waals surface area contributed by atoms with Crippen LogP contribution in [0.25, 0.3) is 0 Å². The third-order valence-corrected chi connectivity index (χ3v) is 5.24. The summed E-state index contributed by atoms with van der Waals surface area (Å²) in [7, 11) is 3.75. The van der Waals surface area contributed by atoms with Crippen LogP contribution < -0.4 is 5.32 Å². The van der Waals surface area contributed by atoms with Crippen LogP contribution in [0, 0.1) is 5.92 Å². The molecule has 0 heterocycles. The summed E-state index contributed by atoms with van der Waals surface area (Å²) in [5.74, 6) is 0.550. The van der Waals surface area contributed by atoms with Crippen molar-refractivity contribution in [3.05, 3.63) is 0 Å². The Morgan fingerprint density at radius 3 is 2.33 bits per heavy atom. The van der Waals surface area contributed by atoms with E-state index < -0.39 is 0 Å². The summed E-state index contributed by atoms with van der Waals surface area (Å²) in [6.45, 7) is 2.56. The molecule has 2 unspecified atom stereocenters. The van der Waals surface area contributed by atoms with Crippen LogP contribution >= 0.6 is 11.6 Å². The van der Waals surface area contributed by atoms with Crippen molar-refractivity contribution in [2.75, 3.05) is 20.7 Å². The molecule has 128 valence electrons. The lowest BCUT2D eigenvalue weighted by Gasteiger charge is -2.39. The molecule has 1 aliphatic rings. The maximum atomic E-state index is 9.16. The van der Waals surface area contributed by atoms with E-state index in [1.54, 1.807) is 0 Å². The smallest absolute Gasteiger partial charge is 0.0475 e. The van der Waals surface area contributed by atoms with Crippen LogP contribution in [0.3, 0.4) is 0 Å². The van der Waals surface area contributed by atoms with Crippen LogP contribution in [0.1, 0.15) is 84.0 Å². The van der Waals surface area contributed by atoms with Gasteiger partial charge < -0.3 is 10.4 Å². The van der Waals surface area contributed by atoms with Gasteiger partial charge in [0.1, 0.15) is 0 Å². The predicted octanol–water partition coefficient (Wildman–Crippen LogP) is 5.12. The van der Waals surface area contributed by atoms with E-state index in [2.05, 4.69) is 12.2 Å². The Morgan fingerprint density at radius 1 is 1.10 bits per heavy atom. The first kappa shape index (κ1) is 21.2. The molecule has 0 saturated heterocycles. The number of unbranched alkanes of at least 4 members (excludes halogenated alkanes) is 5. The summed E-state index contributed by atoms with van der Waals surface area (Å²) in [4.78, 5) is 0.00569. The fraction of sp³-hybridized carbons (Fsp3) is 1.00. The molecule has 0 bridgehead atoms. The highest BCUT2D eigenvalue weighted by Gasteiger charge is 2.37. The van der Waals surface area contributed by atoms with Gasteiger partial charge in [-0.2, -0.15) is 0 Å². The lowest BCUT2D eigenvalue weighted by atomic mass is 9.74. The van der Waals surface area contributed by atoms with Crippen molar-refractivity contribution < 1.29 is 5.11 Å². The Balaban J connectivity index is 0.00000122. The lowest BCUT2D eigenvalue weighted by molar-refractivity contribution is 0.183. The van der Waals surface area contributed by atoms with Gasteiger partial charge in [-0.15, -0.1) is 11.6 Å². The lowest BCUT2D eigenvalue weighted by Crippen LogP contribution is -2.35. The van der Waals surface area contributed by atoms with E-state index in [0.717, 1.165) is 19.3 Å². The van der Waals surface area contributed by atoms with Crippen molar-refractivity contribution in [1.82, 2.24) is 5.32 Å². The van der Waals surface area contributed by atoms with Gasteiger partial charge in [0.05, 0.1) is 0 Å². The highest BCUT2D eigenvalue weighted by molar-refractivity contribution is 6.24. The Bertz CT molecular complexity index is 223. The van der Waals surface area contributed by atoms with Crippen LogP contribution in [-0.4, -0.2) is 30.7 Å². The summed E-state index contributed by atoms with van der Waals surface area (Å²) in [5.41, 5.74) is 0. The highest BCUT2D eigenvalue weighted by Crippen LogP contribution is 2.44. The quantitative estimate of drug-likeness (QED) is 0.456. The minimum Gasteiger partial charge on any atom is -0.396 e. The molecule has 21 heavy (non-hydrogen) atoms. The fourth-order valence-electron chi connectivity index (χ4n) is 3.36. The monoisotopic (exact) mass is 319 g/mol. The zero-order chi connectivity index (χ0) is 16.0. The maximum Gasteiger partial charge on any atom is 0.0475 e. The molecule has 0 spiro atoms. The van der Waals surface area contributed by atoms with Crippen LogP contribution in [0.15, 0.2) is 0 Å². The average molecular weight is 320 g/mol. The van der Waals surface area contributed by atoms with Crippen LogP contribution in [-0.2, 0) is 0 Å². The third kappa shape index (κ3) is 9.76. The van der Waals surface area contributed by atoms with Gasteiger partial charge in [-0.1, -0.05) is 58.3 Å². The number of hydrogen-bond donors (Lipinski definition) is 2. The predicted molar refractivity (Wildman–Crippen MR) is 95.2 cm³/mol. The average Bonchev–Trinajstić information content (AvgIpc) is 2.46. The van der Waals surface area contributed by atoms with E-state index in [9.17, 15) is 0 Å². The minimum atomic E-state index is 0.00569. The number of alkyl halides is 1. The van der Waals surface area contributed by atoms with E-state index in [1.165, 1.54) is 57.8 Å². The van der Waals surface area contributed by atoms with Crippen molar-refractivity contribution in [3.63, 3.8) is 0 Å². The van der Waals surface area contributed by atoms with Crippen molar-refractivity contribution in [2.45, 2.75) is 88.8 Å². The molecule has 3 heteroatoms. The molecule has 2 nitrogen and oxygen atoms in total. The Labute approximate surface area is 138 Å². The first-order valence-electron chi connectivity index (χ1n) is 9.02. The minimum absolute atomic E-state index is 0.00569. The van der Waals surface area contributed by atoms with E-state index in [0.29, 0.717) is 12.5 Å². The highest BCUT2D eigenvalue weighted by atomic mass is 35.5. The molecule has 0 aliphatic heterocycles. The van der Waals surface area contributed by atoms with Crippen molar-refractivity contribution in [2.24, 2.45) is 5.92 Å².